The van der Waals surface area contributed by atoms with Crippen molar-refractivity contribution in [1.82, 2.24) is 5.32 Å². The molecule has 1 fully saturated rings. The highest BCUT2D eigenvalue weighted by Gasteiger charge is 2.29. The molecule has 2 aromatic carbocycles. The lowest BCUT2D eigenvalue weighted by atomic mass is 9.77. The average molecular weight is 337 g/mol. The first-order chi connectivity index (χ1) is 12.1. The van der Waals surface area contributed by atoms with Crippen molar-refractivity contribution in [3.8, 4) is 0 Å². The molecule has 1 aliphatic carbocycles. The van der Waals surface area contributed by atoms with Crippen LogP contribution >= 0.6 is 0 Å². The van der Waals surface area contributed by atoms with Gasteiger partial charge in [-0.1, -0.05) is 55.0 Å². The average Bonchev–Trinajstić information content (AvgIpc) is 2.55. The van der Waals surface area contributed by atoms with Crippen molar-refractivity contribution in [2.45, 2.75) is 31.7 Å². The van der Waals surface area contributed by atoms with E-state index < -0.39 is 5.91 Å². The third kappa shape index (κ3) is 4.38. The molecule has 0 spiro atoms. The van der Waals surface area contributed by atoms with Gasteiger partial charge in [-0.3, -0.25) is 4.79 Å². The van der Waals surface area contributed by atoms with Crippen molar-refractivity contribution >= 4 is 17.6 Å². The minimum Gasteiger partial charge on any atom is -0.369 e. The Hall–Kier alpha value is -2.82. The van der Waals surface area contributed by atoms with Crippen molar-refractivity contribution < 1.29 is 9.59 Å². The van der Waals surface area contributed by atoms with Crippen LogP contribution in [-0.2, 0) is 11.2 Å². The van der Waals surface area contributed by atoms with E-state index in [1.54, 1.807) is 12.1 Å². The fourth-order valence-corrected chi connectivity index (χ4v) is 3.19. The second kappa shape index (κ2) is 7.83. The van der Waals surface area contributed by atoms with Gasteiger partial charge in [-0.2, -0.15) is 0 Å². The zero-order chi connectivity index (χ0) is 17.6. The molecule has 0 radical (unpaired) electrons. The summed E-state index contributed by atoms with van der Waals surface area (Å²) in [7, 11) is 0. The molecule has 3 amide bonds. The Morgan fingerprint density at radius 1 is 1.04 bits per heavy atom. The van der Waals surface area contributed by atoms with Gasteiger partial charge >= 0.3 is 6.03 Å². The Labute approximate surface area is 147 Å². The van der Waals surface area contributed by atoms with Gasteiger partial charge in [-0.05, 0) is 36.0 Å². The highest BCUT2D eigenvalue weighted by atomic mass is 16.2. The molecule has 0 bridgehead atoms. The summed E-state index contributed by atoms with van der Waals surface area (Å²) in [5, 5.41) is 5.96. The fraction of sp³-hybridized carbons (Fsp3) is 0.300. The number of primary amides is 1. The van der Waals surface area contributed by atoms with Crippen molar-refractivity contribution in [2.75, 3.05) is 5.32 Å². The van der Waals surface area contributed by atoms with Gasteiger partial charge in [0.1, 0.15) is 0 Å². The summed E-state index contributed by atoms with van der Waals surface area (Å²) in [6.07, 6.45) is 3.55. The molecule has 2 aromatic rings. The van der Waals surface area contributed by atoms with Gasteiger partial charge < -0.3 is 16.4 Å². The number of benzene rings is 2. The van der Waals surface area contributed by atoms with Crippen LogP contribution in [0.25, 0.3) is 0 Å². The predicted molar refractivity (Wildman–Crippen MR) is 98.0 cm³/mol. The van der Waals surface area contributed by atoms with E-state index in [9.17, 15) is 9.59 Å². The molecule has 5 heteroatoms. The maximum Gasteiger partial charge on any atom is 0.319 e. The minimum absolute atomic E-state index is 0.00162. The maximum atomic E-state index is 12.5. The Morgan fingerprint density at radius 2 is 1.72 bits per heavy atom. The molecule has 3 rings (SSSR count). The largest absolute Gasteiger partial charge is 0.369 e. The molecule has 0 aromatic heterocycles. The van der Waals surface area contributed by atoms with Crippen LogP contribution in [0, 0.1) is 5.92 Å². The first-order valence-corrected chi connectivity index (χ1v) is 8.62. The third-order valence-electron chi connectivity index (χ3n) is 4.70. The van der Waals surface area contributed by atoms with Crippen molar-refractivity contribution in [3.05, 3.63) is 65.7 Å². The lowest BCUT2D eigenvalue weighted by Gasteiger charge is -2.34. The summed E-state index contributed by atoms with van der Waals surface area (Å²) in [5.41, 5.74) is 7.72. The molecule has 0 saturated heterocycles. The number of hydrogen-bond donors (Lipinski definition) is 3. The second-order valence-corrected chi connectivity index (χ2v) is 6.48. The Bertz CT molecular complexity index is 742. The van der Waals surface area contributed by atoms with Crippen LogP contribution in [0.4, 0.5) is 10.5 Å². The first kappa shape index (κ1) is 17.0. The standard InChI is InChI=1S/C20H23N3O2/c21-18(24)13-16-9-4-5-12-17(16)22-20(25)23-19(15-10-6-11-15)14-7-2-1-3-8-14/h1-5,7-9,12,15,19H,6,10-11,13H2,(H2,21,24)(H2,22,23,25)/t19-/m1/s1. The Morgan fingerprint density at radius 3 is 2.36 bits per heavy atom. The topological polar surface area (TPSA) is 84.2 Å². The van der Waals surface area contributed by atoms with Gasteiger partial charge in [0.2, 0.25) is 5.91 Å². The SMILES string of the molecule is NC(=O)Cc1ccccc1NC(=O)N[C@H](c1ccccc1)C1CCC1. The van der Waals surface area contributed by atoms with Gasteiger partial charge in [0.05, 0.1) is 12.5 Å². The zero-order valence-electron chi connectivity index (χ0n) is 14.1. The fourth-order valence-electron chi connectivity index (χ4n) is 3.19. The number of para-hydroxylation sites is 1. The first-order valence-electron chi connectivity index (χ1n) is 8.62. The Kier molecular flexibility index (Phi) is 5.33. The normalized spacial score (nSPS) is 15.0. The molecular weight excluding hydrogens is 314 g/mol. The summed E-state index contributed by atoms with van der Waals surface area (Å²) in [4.78, 5) is 23.7. The van der Waals surface area contributed by atoms with Crippen molar-refractivity contribution in [1.29, 1.82) is 0 Å². The van der Waals surface area contributed by atoms with Gasteiger partial charge in [-0.25, -0.2) is 4.79 Å². The molecule has 0 heterocycles. The highest BCUT2D eigenvalue weighted by Crippen LogP contribution is 2.37. The summed E-state index contributed by atoms with van der Waals surface area (Å²) in [5.74, 6) is 0.0419. The quantitative estimate of drug-likeness (QED) is 0.755. The van der Waals surface area contributed by atoms with E-state index in [2.05, 4.69) is 10.6 Å². The number of anilines is 1. The summed E-state index contributed by atoms with van der Waals surface area (Å²) in [6, 6.07) is 17.0. The van der Waals surface area contributed by atoms with Crippen LogP contribution in [0.3, 0.4) is 0 Å². The zero-order valence-corrected chi connectivity index (χ0v) is 14.1. The molecule has 130 valence electrons. The molecule has 0 aliphatic heterocycles. The summed E-state index contributed by atoms with van der Waals surface area (Å²) in [6.45, 7) is 0. The van der Waals surface area contributed by atoms with Gasteiger partial charge in [0.25, 0.3) is 0 Å². The van der Waals surface area contributed by atoms with Gasteiger partial charge in [0.15, 0.2) is 0 Å². The number of nitrogens with one attached hydrogen (secondary N) is 2. The third-order valence-corrected chi connectivity index (χ3v) is 4.70. The van der Waals surface area contributed by atoms with E-state index in [1.807, 2.05) is 42.5 Å². The molecule has 5 nitrogen and oxygen atoms in total. The lowest BCUT2D eigenvalue weighted by molar-refractivity contribution is -0.117. The minimum atomic E-state index is -0.425. The molecule has 25 heavy (non-hydrogen) atoms. The predicted octanol–water partition coefficient (Wildman–Crippen LogP) is 3.38. The van der Waals surface area contributed by atoms with Crippen LogP contribution in [0.2, 0.25) is 0 Å². The molecule has 1 atom stereocenters. The van der Waals surface area contributed by atoms with Crippen LogP contribution in [-0.4, -0.2) is 11.9 Å². The van der Waals surface area contributed by atoms with Crippen LogP contribution in [0.1, 0.15) is 36.4 Å². The van der Waals surface area contributed by atoms with E-state index in [0.29, 0.717) is 17.2 Å². The van der Waals surface area contributed by atoms with Gasteiger partial charge in [-0.15, -0.1) is 0 Å². The maximum absolute atomic E-state index is 12.5. The molecular formula is C20H23N3O2. The second-order valence-electron chi connectivity index (χ2n) is 6.48. The highest BCUT2D eigenvalue weighted by molar-refractivity contribution is 5.91. The van der Waals surface area contributed by atoms with Crippen molar-refractivity contribution in [3.63, 3.8) is 0 Å². The van der Waals surface area contributed by atoms with E-state index in [0.717, 1.165) is 18.4 Å². The summed E-state index contributed by atoms with van der Waals surface area (Å²) >= 11 is 0. The number of nitrogens with two attached hydrogens (primary N) is 1. The van der Waals surface area contributed by atoms with E-state index >= 15 is 0 Å². The lowest BCUT2D eigenvalue weighted by Crippen LogP contribution is -2.38. The molecule has 0 unspecified atom stereocenters. The smallest absolute Gasteiger partial charge is 0.319 e. The monoisotopic (exact) mass is 337 g/mol. The van der Waals surface area contributed by atoms with E-state index in [4.69, 9.17) is 5.73 Å². The van der Waals surface area contributed by atoms with Crippen LogP contribution < -0.4 is 16.4 Å². The number of urea groups is 1. The number of carbonyl (C=O) groups is 2. The van der Waals surface area contributed by atoms with Crippen molar-refractivity contribution in [2.24, 2.45) is 11.7 Å². The molecule has 4 N–H and O–H groups in total. The van der Waals surface area contributed by atoms with E-state index in [1.165, 1.54) is 6.42 Å². The van der Waals surface area contributed by atoms with E-state index in [-0.39, 0.29) is 18.5 Å². The molecule has 1 aliphatic rings. The number of hydrogen-bond acceptors (Lipinski definition) is 2. The Balaban J connectivity index is 1.71. The summed E-state index contributed by atoms with van der Waals surface area (Å²) < 4.78 is 0. The van der Waals surface area contributed by atoms with Crippen LogP contribution in [0.15, 0.2) is 54.6 Å². The van der Waals surface area contributed by atoms with Gasteiger partial charge in [0, 0.05) is 5.69 Å². The van der Waals surface area contributed by atoms with Crippen LogP contribution in [0.5, 0.6) is 0 Å². The number of amides is 3. The number of carbonyl (C=O) groups excluding carboxylic acids is 2. The molecule has 1 saturated carbocycles. The number of rotatable bonds is 6.